The molecule has 0 amide bonds. The summed E-state index contributed by atoms with van der Waals surface area (Å²) in [7, 11) is -4.73. The topological polar surface area (TPSA) is 119 Å². The van der Waals surface area contributed by atoms with Gasteiger partial charge in [-0.1, -0.05) is 111 Å². The van der Waals surface area contributed by atoms with Gasteiger partial charge in [0.05, 0.1) is 6.61 Å². The van der Waals surface area contributed by atoms with Crippen molar-refractivity contribution in [1.29, 1.82) is 0 Å². The zero-order chi connectivity index (χ0) is 27.1. The van der Waals surface area contributed by atoms with Crippen molar-refractivity contribution in [3.05, 3.63) is 0 Å². The van der Waals surface area contributed by atoms with Gasteiger partial charge in [0.2, 0.25) is 0 Å². The van der Waals surface area contributed by atoms with Gasteiger partial charge in [-0.2, -0.15) is 0 Å². The van der Waals surface area contributed by atoms with Crippen LogP contribution in [0.5, 0.6) is 0 Å². The molecule has 0 saturated heterocycles. The Morgan fingerprint density at radius 3 is 1.67 bits per heavy atom. The lowest BCUT2D eigenvalue weighted by atomic mass is 10.0. The molecule has 2 N–H and O–H groups in total. The van der Waals surface area contributed by atoms with Gasteiger partial charge in [-0.3, -0.25) is 14.1 Å². The lowest BCUT2D eigenvalue weighted by Crippen LogP contribution is -2.29. The lowest BCUT2D eigenvalue weighted by Gasteiger charge is -2.18. The van der Waals surface area contributed by atoms with Gasteiger partial charge in [-0.25, -0.2) is 4.57 Å². The van der Waals surface area contributed by atoms with E-state index in [-0.39, 0.29) is 19.4 Å². The van der Waals surface area contributed by atoms with Crippen LogP contribution < -0.4 is 0 Å². The van der Waals surface area contributed by atoms with Gasteiger partial charge in [-0.05, 0) is 18.8 Å². The molecular formula is C27H53O8P. The first kappa shape index (κ1) is 35.0. The van der Waals surface area contributed by atoms with Crippen molar-refractivity contribution in [1.82, 2.24) is 0 Å². The van der Waals surface area contributed by atoms with E-state index in [9.17, 15) is 14.2 Å². The second kappa shape index (κ2) is 23.2. The average molecular weight is 537 g/mol. The predicted octanol–water partition coefficient (Wildman–Crippen LogP) is 7.25. The third kappa shape index (κ3) is 26.1. The molecule has 0 unspecified atom stereocenters. The molecule has 0 fully saturated rings. The molecule has 0 aromatic heterocycles. The van der Waals surface area contributed by atoms with Crippen molar-refractivity contribution in [3.8, 4) is 0 Å². The van der Waals surface area contributed by atoms with Gasteiger partial charge in [0.15, 0.2) is 6.10 Å². The van der Waals surface area contributed by atoms with E-state index in [1.807, 2.05) is 0 Å². The summed E-state index contributed by atoms with van der Waals surface area (Å²) in [6, 6.07) is 0. The second-order valence-corrected chi connectivity index (χ2v) is 11.5. The molecule has 36 heavy (non-hydrogen) atoms. The fourth-order valence-electron chi connectivity index (χ4n) is 3.91. The third-order valence-electron chi connectivity index (χ3n) is 6.05. The van der Waals surface area contributed by atoms with Crippen molar-refractivity contribution in [2.24, 2.45) is 5.92 Å². The molecular weight excluding hydrogens is 483 g/mol. The second-order valence-electron chi connectivity index (χ2n) is 10.2. The highest BCUT2D eigenvalue weighted by Gasteiger charge is 2.22. The number of carbonyl (C=O) groups excluding carboxylic acids is 2. The first-order valence-corrected chi connectivity index (χ1v) is 15.7. The fourth-order valence-corrected chi connectivity index (χ4v) is 4.27. The Labute approximate surface area is 219 Å². The Hall–Kier alpha value is -0.950. The Morgan fingerprint density at radius 1 is 0.694 bits per heavy atom. The van der Waals surface area contributed by atoms with Crippen LogP contribution >= 0.6 is 7.82 Å². The average Bonchev–Trinajstić information content (AvgIpc) is 2.80. The molecule has 0 spiro atoms. The molecule has 0 aliphatic carbocycles. The Kier molecular flexibility index (Phi) is 22.6. The molecule has 0 aliphatic heterocycles. The van der Waals surface area contributed by atoms with Crippen molar-refractivity contribution in [2.75, 3.05) is 13.2 Å². The van der Waals surface area contributed by atoms with Gasteiger partial charge < -0.3 is 19.3 Å². The van der Waals surface area contributed by atoms with Gasteiger partial charge in [0.1, 0.15) is 6.61 Å². The molecule has 0 aromatic rings. The summed E-state index contributed by atoms with van der Waals surface area (Å²) in [5.74, 6) is -0.120. The molecule has 0 saturated carbocycles. The van der Waals surface area contributed by atoms with E-state index >= 15 is 0 Å². The molecule has 0 heterocycles. The van der Waals surface area contributed by atoms with Crippen molar-refractivity contribution in [3.63, 3.8) is 0 Å². The van der Waals surface area contributed by atoms with Crippen molar-refractivity contribution < 1.29 is 37.9 Å². The summed E-state index contributed by atoms with van der Waals surface area (Å²) in [6.45, 7) is 5.87. The van der Waals surface area contributed by atoms with E-state index in [0.717, 1.165) is 44.4 Å². The van der Waals surface area contributed by atoms with Crippen LogP contribution in [-0.2, 0) is 28.2 Å². The van der Waals surface area contributed by atoms with Crippen LogP contribution in [0.4, 0.5) is 0 Å². The van der Waals surface area contributed by atoms with E-state index in [1.54, 1.807) is 0 Å². The normalized spacial score (nSPS) is 12.6. The molecule has 0 aromatic carbocycles. The van der Waals surface area contributed by atoms with Crippen LogP contribution in [-0.4, -0.2) is 41.0 Å². The minimum absolute atomic E-state index is 0.215. The predicted molar refractivity (Wildman–Crippen MR) is 142 cm³/mol. The number of esters is 2. The van der Waals surface area contributed by atoms with E-state index in [4.69, 9.17) is 19.3 Å². The largest absolute Gasteiger partial charge is 0.469 e. The maximum Gasteiger partial charge on any atom is 0.469 e. The number of hydrogen-bond donors (Lipinski definition) is 2. The van der Waals surface area contributed by atoms with Crippen LogP contribution in [0.2, 0.25) is 0 Å². The van der Waals surface area contributed by atoms with Crippen LogP contribution in [0.25, 0.3) is 0 Å². The Balaban J connectivity index is 4.09. The first-order chi connectivity index (χ1) is 17.1. The maximum absolute atomic E-state index is 12.2. The summed E-state index contributed by atoms with van der Waals surface area (Å²) < 4.78 is 26.0. The minimum atomic E-state index is -4.73. The highest BCUT2D eigenvalue weighted by atomic mass is 31.2. The number of phosphoric acid groups is 1. The summed E-state index contributed by atoms with van der Waals surface area (Å²) >= 11 is 0. The van der Waals surface area contributed by atoms with Gasteiger partial charge in [0, 0.05) is 12.8 Å². The number of carbonyl (C=O) groups is 2. The fraction of sp³-hybridized carbons (Fsp3) is 0.926. The summed E-state index contributed by atoms with van der Waals surface area (Å²) in [4.78, 5) is 42.1. The maximum atomic E-state index is 12.2. The highest BCUT2D eigenvalue weighted by molar-refractivity contribution is 7.46. The van der Waals surface area contributed by atoms with Gasteiger partial charge in [-0.15, -0.1) is 0 Å². The number of hydrogen-bond acceptors (Lipinski definition) is 6. The van der Waals surface area contributed by atoms with Crippen LogP contribution in [0.3, 0.4) is 0 Å². The number of unbranched alkanes of at least 4 members (excludes halogenated alkanes) is 13. The number of phosphoric ester groups is 1. The number of rotatable bonds is 25. The van der Waals surface area contributed by atoms with Crippen LogP contribution in [0.1, 0.15) is 136 Å². The molecule has 0 radical (unpaired) electrons. The van der Waals surface area contributed by atoms with Crippen LogP contribution in [0.15, 0.2) is 0 Å². The zero-order valence-corrected chi connectivity index (χ0v) is 24.0. The highest BCUT2D eigenvalue weighted by Crippen LogP contribution is 2.35. The summed E-state index contributed by atoms with van der Waals surface area (Å²) in [5, 5.41) is 0. The molecule has 1 atom stereocenters. The molecule has 8 nitrogen and oxygen atoms in total. The van der Waals surface area contributed by atoms with Crippen molar-refractivity contribution >= 4 is 19.8 Å². The minimum Gasteiger partial charge on any atom is -0.462 e. The quantitative estimate of drug-likeness (QED) is 0.0711. The monoisotopic (exact) mass is 536 g/mol. The Bertz CT molecular complexity index is 590. The standard InChI is InChI=1S/C27H53O8P/c1-4-5-6-7-10-14-17-20-26(28)33-22-25(23-34-36(30,31)32)35-27(29)21-18-15-12-9-8-11-13-16-19-24(2)3/h24-25H,4-23H2,1-3H3,(H2,30,31,32)/t25-/m1/s1. The van der Waals surface area contributed by atoms with Crippen LogP contribution in [0, 0.1) is 5.92 Å². The molecule has 214 valence electrons. The zero-order valence-electron chi connectivity index (χ0n) is 23.1. The Morgan fingerprint density at radius 2 is 1.17 bits per heavy atom. The molecule has 9 heteroatoms. The number of ether oxygens (including phenoxy) is 2. The molecule has 0 rings (SSSR count). The molecule has 0 bridgehead atoms. The van der Waals surface area contributed by atoms with Crippen molar-refractivity contribution in [2.45, 2.75) is 142 Å². The lowest BCUT2D eigenvalue weighted by molar-refractivity contribution is -0.161. The van der Waals surface area contributed by atoms with E-state index < -0.39 is 32.5 Å². The third-order valence-corrected chi connectivity index (χ3v) is 6.54. The van der Waals surface area contributed by atoms with E-state index in [2.05, 4.69) is 25.3 Å². The summed E-state index contributed by atoms with van der Waals surface area (Å²) in [6.07, 6.45) is 17.2. The first-order valence-electron chi connectivity index (χ1n) is 14.2. The summed E-state index contributed by atoms with van der Waals surface area (Å²) in [5.41, 5.74) is 0. The SMILES string of the molecule is CCCCCCCCCC(=O)OC[C@H](COP(=O)(O)O)OC(=O)CCCCCCCCCCC(C)C. The smallest absolute Gasteiger partial charge is 0.462 e. The van der Waals surface area contributed by atoms with E-state index in [0.29, 0.717) is 6.42 Å². The van der Waals surface area contributed by atoms with E-state index in [1.165, 1.54) is 57.8 Å². The van der Waals surface area contributed by atoms with Gasteiger partial charge >= 0.3 is 19.8 Å². The molecule has 0 aliphatic rings. The van der Waals surface area contributed by atoms with Gasteiger partial charge in [0.25, 0.3) is 0 Å².